The number of phenolic OH excluding ortho intramolecular Hbond substituents is 1. The van der Waals surface area contributed by atoms with Crippen LogP contribution in [0.5, 0.6) is 11.5 Å². The van der Waals surface area contributed by atoms with Crippen molar-refractivity contribution < 1.29 is 14.6 Å². The molecule has 0 aromatic heterocycles. The van der Waals surface area contributed by atoms with Gasteiger partial charge in [-0.2, -0.15) is 5.10 Å². The summed E-state index contributed by atoms with van der Waals surface area (Å²) in [6, 6.07) is 21.0. The first-order chi connectivity index (χ1) is 14.1. The van der Waals surface area contributed by atoms with Crippen molar-refractivity contribution in [3.8, 4) is 11.5 Å². The molecule has 1 heterocycles. The Morgan fingerprint density at radius 2 is 1.76 bits per heavy atom. The van der Waals surface area contributed by atoms with Gasteiger partial charge in [0, 0.05) is 12.0 Å². The number of methoxy groups -OCH3 is 1. The van der Waals surface area contributed by atoms with E-state index in [1.807, 2.05) is 30.3 Å². The number of ether oxygens (including phenoxy) is 1. The fraction of sp³-hybridized carbons (Fsp3) is 0.130. The zero-order valence-corrected chi connectivity index (χ0v) is 16.5. The third kappa shape index (κ3) is 3.69. The molecule has 0 bridgehead atoms. The number of amides is 1. The maximum Gasteiger partial charge on any atom is 0.276 e. The molecular formula is C23H19ClN2O3. The Morgan fingerprint density at radius 1 is 1.07 bits per heavy atom. The lowest BCUT2D eigenvalue weighted by Crippen LogP contribution is -2.27. The van der Waals surface area contributed by atoms with Crippen LogP contribution in [0.1, 0.15) is 33.9 Å². The van der Waals surface area contributed by atoms with Gasteiger partial charge in [-0.15, -0.1) is 0 Å². The SMILES string of the molecule is COc1ccc(C2=NN(C(=O)c3ccccc3Cl)[C@H](c3ccccc3O)C2)cc1. The normalized spacial score (nSPS) is 15.9. The first-order valence-corrected chi connectivity index (χ1v) is 9.54. The summed E-state index contributed by atoms with van der Waals surface area (Å²) in [6.07, 6.45) is 0.472. The minimum absolute atomic E-state index is 0.126. The molecule has 1 atom stereocenters. The summed E-state index contributed by atoms with van der Waals surface area (Å²) in [5, 5.41) is 16.8. The van der Waals surface area contributed by atoms with Gasteiger partial charge < -0.3 is 9.84 Å². The Kier molecular flexibility index (Phi) is 5.23. The molecule has 0 saturated heterocycles. The van der Waals surface area contributed by atoms with Crippen molar-refractivity contribution in [2.45, 2.75) is 12.5 Å². The van der Waals surface area contributed by atoms with E-state index in [2.05, 4.69) is 5.10 Å². The molecule has 0 aliphatic carbocycles. The molecule has 3 aromatic rings. The van der Waals surface area contributed by atoms with E-state index in [1.165, 1.54) is 5.01 Å². The molecular weight excluding hydrogens is 388 g/mol. The van der Waals surface area contributed by atoms with Crippen molar-refractivity contribution in [1.29, 1.82) is 0 Å². The van der Waals surface area contributed by atoms with Crippen LogP contribution >= 0.6 is 11.6 Å². The molecule has 1 N–H and O–H groups in total. The van der Waals surface area contributed by atoms with Gasteiger partial charge >= 0.3 is 0 Å². The second-order valence-corrected chi connectivity index (χ2v) is 7.09. The van der Waals surface area contributed by atoms with E-state index in [0.29, 0.717) is 22.6 Å². The fourth-order valence-corrected chi connectivity index (χ4v) is 3.64. The van der Waals surface area contributed by atoms with E-state index in [4.69, 9.17) is 16.3 Å². The molecule has 146 valence electrons. The largest absolute Gasteiger partial charge is 0.508 e. The van der Waals surface area contributed by atoms with E-state index < -0.39 is 6.04 Å². The molecule has 1 aliphatic heterocycles. The van der Waals surface area contributed by atoms with Gasteiger partial charge in [0.25, 0.3) is 5.91 Å². The topological polar surface area (TPSA) is 62.1 Å². The van der Waals surface area contributed by atoms with E-state index in [0.717, 1.165) is 17.0 Å². The van der Waals surface area contributed by atoms with Gasteiger partial charge in [0.2, 0.25) is 0 Å². The summed E-state index contributed by atoms with van der Waals surface area (Å²) < 4.78 is 5.22. The zero-order valence-electron chi connectivity index (χ0n) is 15.7. The number of para-hydroxylation sites is 1. The van der Waals surface area contributed by atoms with Crippen LogP contribution in [0.3, 0.4) is 0 Å². The van der Waals surface area contributed by atoms with Crippen molar-refractivity contribution in [3.05, 3.63) is 94.5 Å². The monoisotopic (exact) mass is 406 g/mol. The van der Waals surface area contributed by atoms with Crippen molar-refractivity contribution in [1.82, 2.24) is 5.01 Å². The van der Waals surface area contributed by atoms with Crippen LogP contribution in [-0.2, 0) is 0 Å². The third-order valence-electron chi connectivity index (χ3n) is 4.94. The third-order valence-corrected chi connectivity index (χ3v) is 5.27. The number of halogens is 1. The Bertz CT molecular complexity index is 1080. The lowest BCUT2D eigenvalue weighted by molar-refractivity contribution is 0.0710. The molecule has 0 radical (unpaired) electrons. The van der Waals surface area contributed by atoms with Gasteiger partial charge in [0.15, 0.2) is 0 Å². The molecule has 29 heavy (non-hydrogen) atoms. The van der Waals surface area contributed by atoms with Crippen LogP contribution in [0.25, 0.3) is 0 Å². The summed E-state index contributed by atoms with van der Waals surface area (Å²) in [5.41, 5.74) is 2.65. The number of hydrazone groups is 1. The van der Waals surface area contributed by atoms with Crippen molar-refractivity contribution >= 4 is 23.2 Å². The highest BCUT2D eigenvalue weighted by atomic mass is 35.5. The smallest absolute Gasteiger partial charge is 0.276 e. The molecule has 1 aliphatic rings. The predicted molar refractivity (Wildman–Crippen MR) is 113 cm³/mol. The number of rotatable bonds is 4. The van der Waals surface area contributed by atoms with Crippen molar-refractivity contribution in [3.63, 3.8) is 0 Å². The fourth-order valence-electron chi connectivity index (χ4n) is 3.43. The highest BCUT2D eigenvalue weighted by Crippen LogP contribution is 2.38. The molecule has 0 saturated carbocycles. The second kappa shape index (κ2) is 7.97. The summed E-state index contributed by atoms with van der Waals surface area (Å²) in [4.78, 5) is 13.3. The number of carbonyl (C=O) groups is 1. The number of aromatic hydroxyl groups is 1. The standard InChI is InChI=1S/C23H19ClN2O3/c1-29-16-12-10-15(11-13-16)20-14-21(18-7-3-5-9-22(18)27)26(25-20)23(28)17-6-2-4-8-19(17)24/h2-13,21,27H,14H2,1H3/t21-/m0/s1. The lowest BCUT2D eigenvalue weighted by atomic mass is 9.97. The van der Waals surface area contributed by atoms with E-state index >= 15 is 0 Å². The summed E-state index contributed by atoms with van der Waals surface area (Å²) in [6.45, 7) is 0. The maximum absolute atomic E-state index is 13.3. The highest BCUT2D eigenvalue weighted by molar-refractivity contribution is 6.33. The Balaban J connectivity index is 1.76. The van der Waals surface area contributed by atoms with E-state index in [9.17, 15) is 9.90 Å². The second-order valence-electron chi connectivity index (χ2n) is 6.68. The molecule has 6 heteroatoms. The minimum Gasteiger partial charge on any atom is -0.508 e. The molecule has 4 rings (SSSR count). The minimum atomic E-state index is -0.433. The Hall–Kier alpha value is -3.31. The zero-order chi connectivity index (χ0) is 20.4. The average Bonchev–Trinajstić information content (AvgIpc) is 3.19. The van der Waals surface area contributed by atoms with Gasteiger partial charge in [-0.25, -0.2) is 5.01 Å². The average molecular weight is 407 g/mol. The summed E-state index contributed by atoms with van der Waals surface area (Å²) in [7, 11) is 1.61. The van der Waals surface area contributed by atoms with Gasteiger partial charge in [-0.1, -0.05) is 41.9 Å². The van der Waals surface area contributed by atoms with Crippen LogP contribution in [-0.4, -0.2) is 28.8 Å². The molecule has 0 unspecified atom stereocenters. The molecule has 0 spiro atoms. The maximum atomic E-state index is 13.3. The van der Waals surface area contributed by atoms with Crippen LogP contribution in [0.15, 0.2) is 77.9 Å². The summed E-state index contributed by atoms with van der Waals surface area (Å²) >= 11 is 6.25. The number of phenols is 1. The van der Waals surface area contributed by atoms with Crippen LogP contribution in [0.4, 0.5) is 0 Å². The van der Waals surface area contributed by atoms with E-state index in [-0.39, 0.29) is 11.7 Å². The van der Waals surface area contributed by atoms with Gasteiger partial charge in [-0.3, -0.25) is 4.79 Å². The molecule has 5 nitrogen and oxygen atoms in total. The van der Waals surface area contributed by atoms with E-state index in [1.54, 1.807) is 49.6 Å². The molecule has 1 amide bonds. The number of nitrogens with zero attached hydrogens (tertiary/aromatic N) is 2. The van der Waals surface area contributed by atoms with Gasteiger partial charge in [0.1, 0.15) is 11.5 Å². The first kappa shape index (κ1) is 19.0. The number of carbonyl (C=O) groups excluding carboxylic acids is 1. The molecule has 3 aromatic carbocycles. The van der Waals surface area contributed by atoms with Crippen LogP contribution in [0, 0.1) is 0 Å². The molecule has 0 fully saturated rings. The van der Waals surface area contributed by atoms with Crippen molar-refractivity contribution in [2.75, 3.05) is 7.11 Å². The predicted octanol–water partition coefficient (Wildman–Crippen LogP) is 5.05. The first-order valence-electron chi connectivity index (χ1n) is 9.16. The lowest BCUT2D eigenvalue weighted by Gasteiger charge is -2.23. The number of benzene rings is 3. The number of hydrogen-bond donors (Lipinski definition) is 1. The quantitative estimate of drug-likeness (QED) is 0.659. The summed E-state index contributed by atoms with van der Waals surface area (Å²) in [5.74, 6) is 0.557. The number of hydrogen-bond acceptors (Lipinski definition) is 4. The van der Waals surface area contributed by atoms with Gasteiger partial charge in [-0.05, 0) is 48.0 Å². The highest BCUT2D eigenvalue weighted by Gasteiger charge is 2.35. The van der Waals surface area contributed by atoms with Crippen LogP contribution in [0.2, 0.25) is 5.02 Å². The van der Waals surface area contributed by atoms with Gasteiger partial charge in [0.05, 0.1) is 29.4 Å². The Labute approximate surface area is 173 Å². The van der Waals surface area contributed by atoms with Crippen LogP contribution < -0.4 is 4.74 Å². The van der Waals surface area contributed by atoms with Crippen molar-refractivity contribution in [2.24, 2.45) is 5.10 Å². The Morgan fingerprint density at radius 3 is 2.45 bits per heavy atom.